The zero-order chi connectivity index (χ0) is 23.0. The fourth-order valence-corrected chi connectivity index (χ4v) is 5.99. The number of anilines is 2. The number of benzene rings is 2. The number of amides is 1. The minimum absolute atomic E-state index is 0.156. The van der Waals surface area contributed by atoms with E-state index in [9.17, 15) is 13.2 Å². The molecule has 2 aromatic carbocycles. The summed E-state index contributed by atoms with van der Waals surface area (Å²) in [6.45, 7) is 0.466. The van der Waals surface area contributed by atoms with E-state index in [0.29, 0.717) is 34.9 Å². The van der Waals surface area contributed by atoms with Crippen molar-refractivity contribution in [1.82, 2.24) is 4.98 Å². The molecule has 0 atom stereocenters. The number of hydrogen-bond acceptors (Lipinski definition) is 4. The molecule has 0 radical (unpaired) electrons. The molecule has 8 heteroatoms. The number of fused-ring (bicyclic) bond motifs is 1. The van der Waals surface area contributed by atoms with Gasteiger partial charge in [-0.1, -0.05) is 29.8 Å². The van der Waals surface area contributed by atoms with E-state index in [2.05, 4.69) is 17.5 Å². The summed E-state index contributed by atoms with van der Waals surface area (Å²) in [6, 6.07) is 15.9. The van der Waals surface area contributed by atoms with Crippen LogP contribution < -0.4 is 9.62 Å². The highest BCUT2D eigenvalue weighted by Crippen LogP contribution is 2.31. The monoisotopic (exact) mass is 479 g/mol. The minimum Gasteiger partial charge on any atom is -0.322 e. The lowest BCUT2D eigenvalue weighted by atomic mass is 10.1. The summed E-state index contributed by atoms with van der Waals surface area (Å²) < 4.78 is 26.0. The number of carbonyl (C=O) groups is 1. The van der Waals surface area contributed by atoms with Crippen molar-refractivity contribution in [1.29, 1.82) is 0 Å². The van der Waals surface area contributed by atoms with E-state index in [4.69, 9.17) is 16.6 Å². The fourth-order valence-electron chi connectivity index (χ4n) is 4.14. The number of allylic oxidation sites excluding steroid dienone is 1. The minimum atomic E-state index is -3.29. The van der Waals surface area contributed by atoms with Crippen LogP contribution in [0.4, 0.5) is 11.4 Å². The Hall–Kier alpha value is -3.16. The topological polar surface area (TPSA) is 79.4 Å². The first kappa shape index (κ1) is 21.7. The molecule has 2 heterocycles. The van der Waals surface area contributed by atoms with E-state index in [-0.39, 0.29) is 11.7 Å². The molecule has 2 aliphatic rings. The molecule has 0 saturated carbocycles. The molecule has 1 N–H and O–H groups in total. The van der Waals surface area contributed by atoms with E-state index < -0.39 is 10.0 Å². The van der Waals surface area contributed by atoms with Gasteiger partial charge in [-0.15, -0.1) is 0 Å². The Morgan fingerprint density at radius 2 is 1.85 bits per heavy atom. The molecule has 1 amide bonds. The normalized spacial score (nSPS) is 16.5. The van der Waals surface area contributed by atoms with Crippen LogP contribution in [-0.4, -0.2) is 31.6 Å². The number of sulfonamides is 1. The van der Waals surface area contributed by atoms with E-state index >= 15 is 0 Å². The van der Waals surface area contributed by atoms with Gasteiger partial charge in [0.1, 0.15) is 0 Å². The summed E-state index contributed by atoms with van der Waals surface area (Å²) in [4.78, 5) is 17.5. The van der Waals surface area contributed by atoms with Gasteiger partial charge in [0.05, 0.1) is 27.9 Å². The van der Waals surface area contributed by atoms with E-state index in [1.807, 2.05) is 18.2 Å². The van der Waals surface area contributed by atoms with E-state index in [1.54, 1.807) is 36.4 Å². The van der Waals surface area contributed by atoms with Crippen LogP contribution in [0.15, 0.2) is 60.7 Å². The lowest BCUT2D eigenvalue weighted by Gasteiger charge is -2.28. The van der Waals surface area contributed by atoms with Crippen LogP contribution in [0, 0.1) is 0 Å². The molecule has 6 nitrogen and oxygen atoms in total. The second-order valence-corrected chi connectivity index (χ2v) is 10.5. The maximum atomic E-state index is 12.8. The van der Waals surface area contributed by atoms with Crippen molar-refractivity contribution in [2.75, 3.05) is 21.9 Å². The Kier molecular flexibility index (Phi) is 5.68. The van der Waals surface area contributed by atoms with Gasteiger partial charge in [-0.2, -0.15) is 0 Å². The van der Waals surface area contributed by atoms with Crippen molar-refractivity contribution in [2.45, 2.75) is 19.3 Å². The summed E-state index contributed by atoms with van der Waals surface area (Å²) in [5.74, 6) is -0.133. The average Bonchev–Trinajstić information content (AvgIpc) is 3.28. The standard InChI is InChI=1S/C25H22ClN3O3S/c26-22-12-9-19(16-21(22)24-13-8-17-4-3-5-23(17)28-24)27-25(30)18-6-10-20(11-7-18)29-14-1-2-15-33(29,31)32/h3-4,6-13,16H,1-2,5,14-15H2,(H,27,30). The lowest BCUT2D eigenvalue weighted by Crippen LogP contribution is -2.37. The number of nitrogens with one attached hydrogen (secondary N) is 1. The van der Waals surface area contributed by atoms with Crippen LogP contribution in [0.3, 0.4) is 0 Å². The van der Waals surface area contributed by atoms with Gasteiger partial charge in [-0.25, -0.2) is 8.42 Å². The Balaban J connectivity index is 1.34. The van der Waals surface area contributed by atoms with E-state index in [0.717, 1.165) is 35.4 Å². The second-order valence-electron chi connectivity index (χ2n) is 8.13. The highest BCUT2D eigenvalue weighted by molar-refractivity contribution is 7.92. The molecule has 3 aromatic rings. The zero-order valence-electron chi connectivity index (χ0n) is 17.8. The third kappa shape index (κ3) is 4.38. The largest absolute Gasteiger partial charge is 0.322 e. The van der Waals surface area contributed by atoms with Crippen molar-refractivity contribution in [3.63, 3.8) is 0 Å². The Morgan fingerprint density at radius 3 is 2.64 bits per heavy atom. The molecule has 1 aliphatic carbocycles. The van der Waals surface area contributed by atoms with Gasteiger partial charge in [0.15, 0.2) is 0 Å². The molecule has 1 fully saturated rings. The molecule has 5 rings (SSSR count). The van der Waals surface area contributed by atoms with Gasteiger partial charge in [0.25, 0.3) is 5.91 Å². The highest BCUT2D eigenvalue weighted by atomic mass is 35.5. The first-order valence-electron chi connectivity index (χ1n) is 10.8. The van der Waals surface area contributed by atoms with Crippen LogP contribution >= 0.6 is 11.6 Å². The Morgan fingerprint density at radius 1 is 1.03 bits per heavy atom. The van der Waals surface area contributed by atoms with Gasteiger partial charge in [-0.05, 0) is 66.9 Å². The molecule has 1 aromatic heterocycles. The number of halogens is 1. The van der Waals surface area contributed by atoms with E-state index in [1.165, 1.54) is 4.31 Å². The fraction of sp³-hybridized carbons (Fsp3) is 0.200. The number of pyridine rings is 1. The van der Waals surface area contributed by atoms with Crippen molar-refractivity contribution in [2.24, 2.45) is 0 Å². The molecule has 1 aliphatic heterocycles. The van der Waals surface area contributed by atoms with Crippen LogP contribution in [0.5, 0.6) is 0 Å². The molecular weight excluding hydrogens is 458 g/mol. The SMILES string of the molecule is O=C(Nc1ccc(Cl)c(-c2ccc3c(n2)CC=C3)c1)c1ccc(N2CCCCS2(=O)=O)cc1. The Bertz CT molecular complexity index is 1370. The zero-order valence-corrected chi connectivity index (χ0v) is 19.4. The molecule has 33 heavy (non-hydrogen) atoms. The maximum Gasteiger partial charge on any atom is 0.255 e. The molecule has 1 saturated heterocycles. The third-order valence-electron chi connectivity index (χ3n) is 5.88. The molecule has 0 bridgehead atoms. The quantitative estimate of drug-likeness (QED) is 0.561. The van der Waals surface area contributed by atoms with Crippen molar-refractivity contribution in [3.05, 3.63) is 82.5 Å². The summed E-state index contributed by atoms with van der Waals surface area (Å²) in [7, 11) is -3.29. The highest BCUT2D eigenvalue weighted by Gasteiger charge is 2.26. The van der Waals surface area contributed by atoms with Crippen LogP contribution in [0.2, 0.25) is 5.02 Å². The van der Waals surface area contributed by atoms with Gasteiger partial charge >= 0.3 is 0 Å². The number of rotatable bonds is 4. The van der Waals surface area contributed by atoms with Crippen molar-refractivity contribution < 1.29 is 13.2 Å². The maximum absolute atomic E-state index is 12.8. The number of hydrogen-bond donors (Lipinski definition) is 1. The predicted octanol–water partition coefficient (Wildman–Crippen LogP) is 5.15. The van der Waals surface area contributed by atoms with Gasteiger partial charge in [0, 0.05) is 29.8 Å². The van der Waals surface area contributed by atoms with Crippen LogP contribution in [0.1, 0.15) is 34.5 Å². The van der Waals surface area contributed by atoms with Gasteiger partial charge < -0.3 is 5.32 Å². The lowest BCUT2D eigenvalue weighted by molar-refractivity contribution is 0.102. The van der Waals surface area contributed by atoms with Crippen molar-refractivity contribution >= 4 is 45.0 Å². The van der Waals surface area contributed by atoms with Gasteiger partial charge in [-0.3, -0.25) is 14.1 Å². The molecule has 0 unspecified atom stereocenters. The third-order valence-corrected chi connectivity index (χ3v) is 8.08. The average molecular weight is 480 g/mol. The first-order chi connectivity index (χ1) is 15.9. The summed E-state index contributed by atoms with van der Waals surface area (Å²) in [5, 5.41) is 3.45. The summed E-state index contributed by atoms with van der Waals surface area (Å²) in [6.07, 6.45) is 6.43. The number of aromatic nitrogens is 1. The smallest absolute Gasteiger partial charge is 0.255 e. The summed E-state index contributed by atoms with van der Waals surface area (Å²) >= 11 is 6.43. The Labute approximate surface area is 198 Å². The second kappa shape index (κ2) is 8.65. The molecule has 0 spiro atoms. The van der Waals surface area contributed by atoms with Crippen LogP contribution in [0.25, 0.3) is 17.3 Å². The number of carbonyl (C=O) groups excluding carboxylic acids is 1. The molecular formula is C25H22ClN3O3S. The van der Waals surface area contributed by atoms with Crippen LogP contribution in [-0.2, 0) is 16.4 Å². The first-order valence-corrected chi connectivity index (χ1v) is 12.8. The van der Waals surface area contributed by atoms with Gasteiger partial charge in [0.2, 0.25) is 10.0 Å². The summed E-state index contributed by atoms with van der Waals surface area (Å²) in [5.41, 5.74) is 5.24. The predicted molar refractivity (Wildman–Crippen MR) is 132 cm³/mol. The van der Waals surface area contributed by atoms with Crippen molar-refractivity contribution in [3.8, 4) is 11.3 Å². The molecule has 168 valence electrons. The number of nitrogens with zero attached hydrogens (tertiary/aromatic N) is 2.